The average Bonchev–Trinajstić information content (AvgIpc) is 2.96. The molecule has 4 aliphatic rings. The van der Waals surface area contributed by atoms with Crippen LogP contribution in [-0.4, -0.2) is 23.0 Å². The molecule has 4 aliphatic carbocycles. The van der Waals surface area contributed by atoms with Gasteiger partial charge in [0.15, 0.2) is 0 Å². The van der Waals surface area contributed by atoms with E-state index in [2.05, 4.69) is 19.2 Å². The molecule has 0 bridgehead atoms. The summed E-state index contributed by atoms with van der Waals surface area (Å²) in [5.41, 5.74) is 1.01. The third-order valence-electron chi connectivity index (χ3n) is 8.98. The average molecular weight is 347 g/mol. The van der Waals surface area contributed by atoms with Gasteiger partial charge < -0.3 is 10.4 Å². The van der Waals surface area contributed by atoms with Gasteiger partial charge in [0, 0.05) is 6.04 Å². The number of carbonyl (C=O) groups excluding carboxylic acids is 1. The second kappa shape index (κ2) is 5.99. The molecule has 7 atom stereocenters. The number of fused-ring (bicyclic) bond motifs is 5. The van der Waals surface area contributed by atoms with Crippen molar-refractivity contribution in [2.45, 2.75) is 84.1 Å². The molecule has 0 spiro atoms. The fourth-order valence-electron chi connectivity index (χ4n) is 7.63. The van der Waals surface area contributed by atoms with E-state index in [9.17, 15) is 9.59 Å². The highest BCUT2D eigenvalue weighted by molar-refractivity contribution is 6.31. The van der Waals surface area contributed by atoms with E-state index >= 15 is 0 Å². The molecular weight excluding hydrogens is 314 g/mol. The minimum atomic E-state index is -1.36. The molecule has 0 saturated heterocycles. The van der Waals surface area contributed by atoms with E-state index in [4.69, 9.17) is 5.11 Å². The molecule has 0 aromatic carbocycles. The minimum absolute atomic E-state index is 0.0542. The van der Waals surface area contributed by atoms with Gasteiger partial charge in [0.2, 0.25) is 0 Å². The maximum Gasteiger partial charge on any atom is 0.394 e. The van der Waals surface area contributed by atoms with E-state index in [1.807, 2.05) is 0 Å². The first-order valence-electron chi connectivity index (χ1n) is 10.4. The number of carbonyl (C=O) groups is 2. The maximum absolute atomic E-state index is 11.5. The van der Waals surface area contributed by atoms with Gasteiger partial charge in [0.1, 0.15) is 0 Å². The van der Waals surface area contributed by atoms with Crippen molar-refractivity contribution < 1.29 is 14.7 Å². The Hall–Kier alpha value is -1.06. The van der Waals surface area contributed by atoms with E-state index in [1.165, 1.54) is 44.9 Å². The number of hydrogen-bond acceptors (Lipinski definition) is 2. The summed E-state index contributed by atoms with van der Waals surface area (Å²) in [6, 6.07) is 0.0542. The fourth-order valence-corrected chi connectivity index (χ4v) is 7.63. The lowest BCUT2D eigenvalue weighted by atomic mass is 9.45. The van der Waals surface area contributed by atoms with Crippen LogP contribution < -0.4 is 5.32 Å². The predicted octanol–water partition coefficient (Wildman–Crippen LogP) is 3.99. The zero-order valence-corrected chi connectivity index (χ0v) is 15.7. The van der Waals surface area contributed by atoms with Gasteiger partial charge in [-0.2, -0.15) is 0 Å². The lowest BCUT2D eigenvalue weighted by Crippen LogP contribution is -2.55. The number of aliphatic carboxylic acids is 1. The highest BCUT2D eigenvalue weighted by Crippen LogP contribution is 2.66. The van der Waals surface area contributed by atoms with Crippen molar-refractivity contribution in [3.8, 4) is 0 Å². The van der Waals surface area contributed by atoms with Gasteiger partial charge >= 0.3 is 11.9 Å². The van der Waals surface area contributed by atoms with Crippen molar-refractivity contribution in [3.05, 3.63) is 0 Å². The molecule has 2 N–H and O–H groups in total. The number of hydrogen-bond donors (Lipinski definition) is 2. The molecule has 25 heavy (non-hydrogen) atoms. The van der Waals surface area contributed by atoms with E-state index in [-0.39, 0.29) is 6.04 Å². The van der Waals surface area contributed by atoms with Gasteiger partial charge in [-0.15, -0.1) is 0 Å². The van der Waals surface area contributed by atoms with Crippen LogP contribution in [0.25, 0.3) is 0 Å². The van der Waals surface area contributed by atoms with E-state index in [0.29, 0.717) is 16.7 Å². The molecule has 4 rings (SSSR count). The maximum atomic E-state index is 11.5. The molecule has 140 valence electrons. The van der Waals surface area contributed by atoms with E-state index in [0.717, 1.165) is 37.0 Å². The fraction of sp³-hybridized carbons (Fsp3) is 0.905. The van der Waals surface area contributed by atoms with Crippen molar-refractivity contribution in [3.63, 3.8) is 0 Å². The molecule has 4 nitrogen and oxygen atoms in total. The number of carboxylic acid groups (broad SMARTS) is 1. The van der Waals surface area contributed by atoms with Crippen LogP contribution in [-0.2, 0) is 9.59 Å². The Kier molecular flexibility index (Phi) is 4.16. The number of nitrogens with one attached hydrogen (secondary N) is 1. The van der Waals surface area contributed by atoms with Crippen molar-refractivity contribution in [1.29, 1.82) is 0 Å². The molecule has 0 aliphatic heterocycles. The van der Waals surface area contributed by atoms with E-state index in [1.54, 1.807) is 0 Å². The summed E-state index contributed by atoms with van der Waals surface area (Å²) in [7, 11) is 0. The molecule has 0 radical (unpaired) electrons. The second-order valence-corrected chi connectivity index (χ2v) is 9.99. The molecule has 0 aromatic heterocycles. The monoisotopic (exact) mass is 347 g/mol. The summed E-state index contributed by atoms with van der Waals surface area (Å²) in [6.07, 6.45) is 12.8. The van der Waals surface area contributed by atoms with Gasteiger partial charge in [-0.3, -0.25) is 4.79 Å². The number of carboxylic acids is 1. The summed E-state index contributed by atoms with van der Waals surface area (Å²) >= 11 is 0. The summed E-state index contributed by atoms with van der Waals surface area (Å²) < 4.78 is 0. The lowest BCUT2D eigenvalue weighted by Gasteiger charge is -2.60. The predicted molar refractivity (Wildman–Crippen MR) is 95.9 cm³/mol. The van der Waals surface area contributed by atoms with Crippen LogP contribution in [0.15, 0.2) is 0 Å². The third-order valence-corrected chi connectivity index (χ3v) is 8.98. The van der Waals surface area contributed by atoms with Crippen molar-refractivity contribution in [2.24, 2.45) is 34.5 Å². The molecule has 0 heterocycles. The third kappa shape index (κ3) is 2.71. The Bertz CT molecular complexity index is 575. The summed E-state index contributed by atoms with van der Waals surface area (Å²) in [4.78, 5) is 22.4. The van der Waals surface area contributed by atoms with Gasteiger partial charge in [0.25, 0.3) is 0 Å². The van der Waals surface area contributed by atoms with Gasteiger partial charge in [-0.25, -0.2) is 4.79 Å². The van der Waals surface area contributed by atoms with Crippen molar-refractivity contribution >= 4 is 11.9 Å². The van der Waals surface area contributed by atoms with Crippen LogP contribution in [0.4, 0.5) is 0 Å². The summed E-state index contributed by atoms with van der Waals surface area (Å²) in [5.74, 6) is 1.15. The first-order chi connectivity index (χ1) is 11.8. The Balaban J connectivity index is 1.48. The number of rotatable bonds is 1. The topological polar surface area (TPSA) is 66.4 Å². The zero-order chi connectivity index (χ0) is 17.8. The van der Waals surface area contributed by atoms with Gasteiger partial charge in [-0.05, 0) is 92.3 Å². The quantitative estimate of drug-likeness (QED) is 0.705. The van der Waals surface area contributed by atoms with E-state index < -0.39 is 11.9 Å². The van der Waals surface area contributed by atoms with Crippen LogP contribution in [0.3, 0.4) is 0 Å². The first kappa shape index (κ1) is 17.4. The minimum Gasteiger partial charge on any atom is -0.474 e. The summed E-state index contributed by atoms with van der Waals surface area (Å²) in [5, 5.41) is 11.6. The van der Waals surface area contributed by atoms with Crippen molar-refractivity contribution in [2.75, 3.05) is 0 Å². The standard InChI is InChI=1S/C21H33NO3/c1-20-9-3-4-16(20)15-6-5-13-12-14(22-18(23)19(24)25)7-11-21(13,2)17(15)8-10-20/h13-17H,3-12H2,1-2H3,(H,22,23)(H,24,25)/t13?,14-,15?,16+,17?,20+,21+/m1/s1. The SMILES string of the molecule is C[C@]12CC[C@@H](NC(=O)C(=O)O)CC1CCC1C2CC[C@]2(C)CCC[C@@H]12. The molecule has 0 aromatic rings. The molecule has 4 heteroatoms. The molecule has 4 saturated carbocycles. The molecular formula is C21H33NO3. The Morgan fingerprint density at radius 3 is 2.52 bits per heavy atom. The lowest BCUT2D eigenvalue weighted by molar-refractivity contribution is -0.151. The van der Waals surface area contributed by atoms with Crippen LogP contribution in [0.5, 0.6) is 0 Å². The van der Waals surface area contributed by atoms with Crippen LogP contribution in [0.2, 0.25) is 0 Å². The van der Waals surface area contributed by atoms with Crippen LogP contribution >= 0.6 is 0 Å². The number of amides is 1. The molecule has 1 amide bonds. The van der Waals surface area contributed by atoms with Crippen molar-refractivity contribution in [1.82, 2.24) is 5.32 Å². The summed E-state index contributed by atoms with van der Waals surface area (Å²) in [6.45, 7) is 5.06. The van der Waals surface area contributed by atoms with Gasteiger partial charge in [-0.1, -0.05) is 20.3 Å². The Morgan fingerprint density at radius 2 is 1.76 bits per heavy atom. The largest absolute Gasteiger partial charge is 0.474 e. The highest BCUT2D eigenvalue weighted by atomic mass is 16.4. The second-order valence-electron chi connectivity index (χ2n) is 9.99. The molecule has 3 unspecified atom stereocenters. The Labute approximate surface area is 151 Å². The van der Waals surface area contributed by atoms with Crippen LogP contribution in [0.1, 0.15) is 78.1 Å². The Morgan fingerprint density at radius 1 is 0.960 bits per heavy atom. The molecule has 4 fully saturated rings. The normalized spacial score (nSPS) is 48.8. The first-order valence-corrected chi connectivity index (χ1v) is 10.4. The highest BCUT2D eigenvalue weighted by Gasteiger charge is 2.57. The zero-order valence-electron chi connectivity index (χ0n) is 15.7. The smallest absolute Gasteiger partial charge is 0.394 e. The van der Waals surface area contributed by atoms with Crippen LogP contribution in [0, 0.1) is 34.5 Å². The van der Waals surface area contributed by atoms with Gasteiger partial charge in [0.05, 0.1) is 0 Å².